The van der Waals surface area contributed by atoms with Crippen molar-refractivity contribution in [3.63, 3.8) is 0 Å². The van der Waals surface area contributed by atoms with E-state index in [9.17, 15) is 0 Å². The van der Waals surface area contributed by atoms with Crippen molar-refractivity contribution in [1.82, 2.24) is 4.90 Å². The predicted molar refractivity (Wildman–Crippen MR) is 78.7 cm³/mol. The normalized spacial score (nSPS) is 23.4. The smallest absolute Gasteiger partial charge is 0.162 e. The lowest BCUT2D eigenvalue weighted by molar-refractivity contribution is 0.330. The molecule has 2 atom stereocenters. The van der Waals surface area contributed by atoms with Crippen LogP contribution >= 0.6 is 11.6 Å². The zero-order chi connectivity index (χ0) is 14.0. The maximum atomic E-state index is 6.28. The number of benzene rings is 1. The van der Waals surface area contributed by atoms with Gasteiger partial charge in [0.25, 0.3) is 0 Å². The van der Waals surface area contributed by atoms with Crippen LogP contribution in [0.3, 0.4) is 0 Å². The number of rotatable bonds is 4. The summed E-state index contributed by atoms with van der Waals surface area (Å²) in [4.78, 5) is 2.34. The summed E-state index contributed by atoms with van der Waals surface area (Å²) in [5, 5.41) is 4.14. The van der Waals surface area contributed by atoms with Crippen molar-refractivity contribution >= 4 is 17.3 Å². The highest BCUT2D eigenvalue weighted by atomic mass is 35.5. The van der Waals surface area contributed by atoms with E-state index in [1.165, 1.54) is 0 Å². The molecule has 19 heavy (non-hydrogen) atoms. The van der Waals surface area contributed by atoms with Gasteiger partial charge in [-0.2, -0.15) is 0 Å². The van der Waals surface area contributed by atoms with Gasteiger partial charge in [-0.3, -0.25) is 0 Å². The van der Waals surface area contributed by atoms with Gasteiger partial charge in [0.15, 0.2) is 11.5 Å². The Kier molecular flexibility index (Phi) is 4.42. The standard InChI is InChI=1S/C14H21ClN2O2/c1-9-5-10(8-17(9)2)16-12-7-14(19-4)13(18-3)6-11(12)15/h6-7,9-10,16H,5,8H2,1-4H3. The third kappa shape index (κ3) is 3.07. The van der Waals surface area contributed by atoms with Crippen molar-refractivity contribution in [3.05, 3.63) is 17.2 Å². The summed E-state index contributed by atoms with van der Waals surface area (Å²) in [6.45, 7) is 3.25. The molecule has 106 valence electrons. The molecular formula is C14H21ClN2O2. The number of likely N-dealkylation sites (tertiary alicyclic amines) is 1. The number of hydrogen-bond acceptors (Lipinski definition) is 4. The molecule has 0 saturated carbocycles. The molecule has 1 heterocycles. The molecule has 0 aromatic heterocycles. The van der Waals surface area contributed by atoms with Crippen LogP contribution in [0.2, 0.25) is 5.02 Å². The lowest BCUT2D eigenvalue weighted by Gasteiger charge is -2.17. The minimum atomic E-state index is 0.413. The molecule has 5 heteroatoms. The molecule has 1 saturated heterocycles. The van der Waals surface area contributed by atoms with Crippen molar-refractivity contribution in [1.29, 1.82) is 0 Å². The second-order valence-corrected chi connectivity index (χ2v) is 5.46. The van der Waals surface area contributed by atoms with Gasteiger partial charge in [-0.25, -0.2) is 0 Å². The minimum Gasteiger partial charge on any atom is -0.493 e. The lowest BCUT2D eigenvalue weighted by Crippen LogP contribution is -2.25. The van der Waals surface area contributed by atoms with Crippen molar-refractivity contribution in [2.75, 3.05) is 33.1 Å². The summed E-state index contributed by atoms with van der Waals surface area (Å²) >= 11 is 6.28. The van der Waals surface area contributed by atoms with Crippen LogP contribution in [0.25, 0.3) is 0 Å². The molecular weight excluding hydrogens is 264 g/mol. The van der Waals surface area contributed by atoms with Gasteiger partial charge in [-0.15, -0.1) is 0 Å². The maximum Gasteiger partial charge on any atom is 0.162 e. The first kappa shape index (κ1) is 14.3. The molecule has 1 aliphatic heterocycles. The lowest BCUT2D eigenvalue weighted by atomic mass is 10.1. The first-order valence-corrected chi connectivity index (χ1v) is 6.81. The highest BCUT2D eigenvalue weighted by Gasteiger charge is 2.26. The van der Waals surface area contributed by atoms with Crippen LogP contribution in [0.5, 0.6) is 11.5 Å². The highest BCUT2D eigenvalue weighted by molar-refractivity contribution is 6.33. The second kappa shape index (κ2) is 5.88. The number of hydrogen-bond donors (Lipinski definition) is 1. The molecule has 0 radical (unpaired) electrons. The average molecular weight is 285 g/mol. The number of halogens is 1. The Balaban J connectivity index is 2.16. The third-order valence-electron chi connectivity index (χ3n) is 3.72. The first-order chi connectivity index (χ1) is 9.05. The van der Waals surface area contributed by atoms with Gasteiger partial charge in [0.1, 0.15) is 0 Å². The quantitative estimate of drug-likeness (QED) is 0.922. The summed E-state index contributed by atoms with van der Waals surface area (Å²) in [6, 6.07) is 4.68. The van der Waals surface area contributed by atoms with Crippen LogP contribution in [-0.2, 0) is 0 Å². The van der Waals surface area contributed by atoms with Gasteiger partial charge in [-0.1, -0.05) is 11.6 Å². The van der Waals surface area contributed by atoms with Gasteiger partial charge in [0.2, 0.25) is 0 Å². The number of methoxy groups -OCH3 is 2. The maximum absolute atomic E-state index is 6.28. The molecule has 0 spiro atoms. The third-order valence-corrected chi connectivity index (χ3v) is 4.03. The summed E-state index contributed by atoms with van der Waals surface area (Å²) in [5.41, 5.74) is 0.895. The van der Waals surface area contributed by atoms with E-state index < -0.39 is 0 Å². The summed E-state index contributed by atoms with van der Waals surface area (Å²) < 4.78 is 10.5. The number of likely N-dealkylation sites (N-methyl/N-ethyl adjacent to an activating group) is 1. The van der Waals surface area contributed by atoms with Crippen LogP contribution in [-0.4, -0.2) is 44.8 Å². The molecule has 1 aromatic rings. The van der Waals surface area contributed by atoms with Gasteiger partial charge < -0.3 is 19.7 Å². The number of nitrogens with one attached hydrogen (secondary N) is 1. The van der Waals surface area contributed by atoms with E-state index in [1.54, 1.807) is 20.3 Å². The van der Waals surface area contributed by atoms with E-state index in [1.807, 2.05) is 6.07 Å². The topological polar surface area (TPSA) is 33.7 Å². The zero-order valence-corrected chi connectivity index (χ0v) is 12.6. The first-order valence-electron chi connectivity index (χ1n) is 6.43. The van der Waals surface area contributed by atoms with Crippen molar-refractivity contribution in [2.24, 2.45) is 0 Å². The van der Waals surface area contributed by atoms with Gasteiger partial charge in [0.05, 0.1) is 24.9 Å². The van der Waals surface area contributed by atoms with Crippen molar-refractivity contribution in [3.8, 4) is 11.5 Å². The van der Waals surface area contributed by atoms with E-state index >= 15 is 0 Å². The Labute approximate surface area is 119 Å². The van der Waals surface area contributed by atoms with Gasteiger partial charge in [0, 0.05) is 30.8 Å². The van der Waals surface area contributed by atoms with Crippen LogP contribution in [0.15, 0.2) is 12.1 Å². The molecule has 4 nitrogen and oxygen atoms in total. The minimum absolute atomic E-state index is 0.413. The Bertz CT molecular complexity index is 443. The van der Waals surface area contributed by atoms with E-state index in [2.05, 4.69) is 24.2 Å². The Hall–Kier alpha value is -1.13. The van der Waals surface area contributed by atoms with Gasteiger partial charge >= 0.3 is 0 Å². The summed E-state index contributed by atoms with van der Waals surface area (Å²) in [6.07, 6.45) is 1.11. The molecule has 0 aliphatic carbocycles. The highest BCUT2D eigenvalue weighted by Crippen LogP contribution is 2.36. The van der Waals surface area contributed by atoms with Crippen LogP contribution in [0, 0.1) is 0 Å². The fourth-order valence-corrected chi connectivity index (χ4v) is 2.69. The Morgan fingerprint density at radius 2 is 1.89 bits per heavy atom. The van der Waals surface area contributed by atoms with Gasteiger partial charge in [-0.05, 0) is 20.4 Å². The molecule has 2 unspecified atom stereocenters. The molecule has 0 bridgehead atoms. The molecule has 2 rings (SSSR count). The Morgan fingerprint density at radius 3 is 2.42 bits per heavy atom. The summed E-state index contributed by atoms with van der Waals surface area (Å²) in [5.74, 6) is 1.34. The number of anilines is 1. The van der Waals surface area contributed by atoms with Crippen molar-refractivity contribution < 1.29 is 9.47 Å². The van der Waals surface area contributed by atoms with Crippen LogP contribution < -0.4 is 14.8 Å². The largest absolute Gasteiger partial charge is 0.493 e. The average Bonchev–Trinajstić information content (AvgIpc) is 2.70. The molecule has 0 amide bonds. The van der Waals surface area contributed by atoms with E-state index in [0.29, 0.717) is 28.6 Å². The Morgan fingerprint density at radius 1 is 1.26 bits per heavy atom. The fraction of sp³-hybridized carbons (Fsp3) is 0.571. The molecule has 1 fully saturated rings. The van der Waals surface area contributed by atoms with Crippen molar-refractivity contribution in [2.45, 2.75) is 25.4 Å². The SMILES string of the molecule is COc1cc(Cl)c(NC2CC(C)N(C)C2)cc1OC. The van der Waals surface area contributed by atoms with Crippen LogP contribution in [0.4, 0.5) is 5.69 Å². The number of nitrogens with zero attached hydrogens (tertiary/aromatic N) is 1. The summed E-state index contributed by atoms with van der Waals surface area (Å²) in [7, 11) is 5.37. The predicted octanol–water partition coefficient (Wildman–Crippen LogP) is 2.86. The molecule has 1 aromatic carbocycles. The van der Waals surface area contributed by atoms with Crippen LogP contribution in [0.1, 0.15) is 13.3 Å². The van der Waals surface area contributed by atoms with E-state index in [0.717, 1.165) is 18.7 Å². The monoisotopic (exact) mass is 284 g/mol. The number of ether oxygens (including phenoxy) is 2. The second-order valence-electron chi connectivity index (χ2n) is 5.05. The fourth-order valence-electron chi connectivity index (χ4n) is 2.48. The molecule has 1 N–H and O–H groups in total. The zero-order valence-electron chi connectivity index (χ0n) is 11.9. The van der Waals surface area contributed by atoms with E-state index in [4.69, 9.17) is 21.1 Å². The van der Waals surface area contributed by atoms with E-state index in [-0.39, 0.29) is 0 Å². The molecule has 1 aliphatic rings.